The number of ether oxygens (including phenoxy) is 2. The van der Waals surface area contributed by atoms with Crippen molar-refractivity contribution in [1.82, 2.24) is 25.2 Å². The Hall–Kier alpha value is -3.10. The number of anilines is 1. The fraction of sp³-hybridized carbons (Fsp3) is 0.586. The van der Waals surface area contributed by atoms with Gasteiger partial charge in [-0.2, -0.15) is 5.26 Å². The lowest BCUT2D eigenvalue weighted by Crippen LogP contribution is -2.50. The van der Waals surface area contributed by atoms with Gasteiger partial charge in [0.25, 0.3) is 5.91 Å². The van der Waals surface area contributed by atoms with Crippen LogP contribution in [0.1, 0.15) is 73.7 Å². The van der Waals surface area contributed by atoms with E-state index < -0.39 is 5.91 Å². The number of imidazole rings is 1. The molecule has 0 radical (unpaired) electrons. The molecule has 39 heavy (non-hydrogen) atoms. The molecule has 3 aliphatic rings. The van der Waals surface area contributed by atoms with Crippen LogP contribution in [0.2, 0.25) is 0 Å². The summed E-state index contributed by atoms with van der Waals surface area (Å²) < 4.78 is 11.3. The number of aromatic amines is 1. The first kappa shape index (κ1) is 27.5. The van der Waals surface area contributed by atoms with Gasteiger partial charge in [-0.05, 0) is 55.2 Å². The Labute approximate surface area is 230 Å². The van der Waals surface area contributed by atoms with Crippen LogP contribution in [0.4, 0.5) is 5.69 Å². The van der Waals surface area contributed by atoms with Crippen molar-refractivity contribution in [1.29, 1.82) is 5.26 Å². The lowest BCUT2D eigenvalue weighted by atomic mass is 9.77. The molecule has 208 valence electrons. The van der Waals surface area contributed by atoms with Gasteiger partial charge in [0.15, 0.2) is 5.82 Å². The molecule has 1 amide bonds. The second-order valence-corrected chi connectivity index (χ2v) is 11.5. The summed E-state index contributed by atoms with van der Waals surface area (Å²) in [6.45, 7) is 11.2. The molecule has 2 saturated heterocycles. The molecule has 10 heteroatoms. The minimum absolute atomic E-state index is 0.103. The number of hydrogen-bond donors (Lipinski definition) is 3. The molecular formula is C29H39N7O3. The van der Waals surface area contributed by atoms with Crippen LogP contribution >= 0.6 is 0 Å². The van der Waals surface area contributed by atoms with Crippen molar-refractivity contribution in [2.24, 2.45) is 5.41 Å². The summed E-state index contributed by atoms with van der Waals surface area (Å²) in [4.78, 5) is 27.5. The normalized spacial score (nSPS) is 21.1. The van der Waals surface area contributed by atoms with Gasteiger partial charge in [-0.1, -0.05) is 19.9 Å². The van der Waals surface area contributed by atoms with E-state index in [2.05, 4.69) is 45.4 Å². The zero-order valence-electron chi connectivity index (χ0n) is 23.0. The predicted octanol–water partition coefficient (Wildman–Crippen LogP) is 3.45. The van der Waals surface area contributed by atoms with Crippen LogP contribution in [0.5, 0.6) is 0 Å². The molecule has 0 unspecified atom stereocenters. The van der Waals surface area contributed by atoms with Gasteiger partial charge in [0, 0.05) is 39.4 Å². The van der Waals surface area contributed by atoms with Gasteiger partial charge in [0.1, 0.15) is 11.8 Å². The molecule has 1 aliphatic carbocycles. The van der Waals surface area contributed by atoms with Crippen LogP contribution in [0.15, 0.2) is 24.4 Å². The fourth-order valence-electron chi connectivity index (χ4n) is 5.56. The third-order valence-corrected chi connectivity index (χ3v) is 8.16. The first-order valence-electron chi connectivity index (χ1n) is 14.0. The van der Waals surface area contributed by atoms with Crippen LogP contribution < -0.4 is 10.6 Å². The minimum Gasteiger partial charge on any atom is -0.381 e. The van der Waals surface area contributed by atoms with Gasteiger partial charge in [-0.15, -0.1) is 0 Å². The Morgan fingerprint density at radius 3 is 2.62 bits per heavy atom. The summed E-state index contributed by atoms with van der Waals surface area (Å²) >= 11 is 0. The number of carbonyl (C=O) groups is 1. The van der Waals surface area contributed by atoms with Crippen molar-refractivity contribution in [2.75, 3.05) is 57.9 Å². The Morgan fingerprint density at radius 1 is 1.15 bits per heavy atom. The maximum Gasteiger partial charge on any atom is 0.291 e. The maximum absolute atomic E-state index is 13.0. The first-order valence-corrected chi connectivity index (χ1v) is 14.0. The van der Waals surface area contributed by atoms with E-state index in [0.29, 0.717) is 18.9 Å². The molecular weight excluding hydrogens is 494 g/mol. The number of pyridine rings is 1. The SMILES string of the molecule is CC1(C)CC=C(c2nc(C3(NCCN4CCOCC4)CCOCC3)ccc2NC(=O)c2ncc(C#N)[nH]2)CC1. The topological polar surface area (TPSA) is 128 Å². The largest absolute Gasteiger partial charge is 0.381 e. The second-order valence-electron chi connectivity index (χ2n) is 11.5. The number of nitrogens with zero attached hydrogens (tertiary/aromatic N) is 4. The summed E-state index contributed by atoms with van der Waals surface area (Å²) in [7, 11) is 0. The van der Waals surface area contributed by atoms with Crippen molar-refractivity contribution in [3.63, 3.8) is 0 Å². The Balaban J connectivity index is 1.43. The van der Waals surface area contributed by atoms with E-state index in [1.54, 1.807) is 0 Å². The second kappa shape index (κ2) is 12.0. The number of allylic oxidation sites excluding steroid dienone is 2. The van der Waals surface area contributed by atoms with Crippen LogP contribution in [0.25, 0.3) is 5.57 Å². The van der Waals surface area contributed by atoms with Crippen molar-refractivity contribution < 1.29 is 14.3 Å². The fourth-order valence-corrected chi connectivity index (χ4v) is 5.56. The van der Waals surface area contributed by atoms with E-state index in [9.17, 15) is 4.79 Å². The maximum atomic E-state index is 13.0. The smallest absolute Gasteiger partial charge is 0.291 e. The highest BCUT2D eigenvalue weighted by molar-refractivity contribution is 6.03. The predicted molar refractivity (Wildman–Crippen MR) is 148 cm³/mol. The van der Waals surface area contributed by atoms with Gasteiger partial charge in [-0.25, -0.2) is 9.97 Å². The van der Waals surface area contributed by atoms with Crippen molar-refractivity contribution in [3.8, 4) is 6.07 Å². The molecule has 2 aromatic rings. The number of H-pyrrole nitrogens is 1. The van der Waals surface area contributed by atoms with Crippen LogP contribution in [0.3, 0.4) is 0 Å². The van der Waals surface area contributed by atoms with Crippen molar-refractivity contribution in [2.45, 2.75) is 51.5 Å². The Bertz CT molecular complexity index is 1230. The quantitative estimate of drug-likeness (QED) is 0.471. The number of nitrogens with one attached hydrogen (secondary N) is 3. The summed E-state index contributed by atoms with van der Waals surface area (Å²) in [6.07, 6.45) is 8.22. The first-order chi connectivity index (χ1) is 18.9. The number of hydrogen-bond acceptors (Lipinski definition) is 8. The van der Waals surface area contributed by atoms with E-state index in [1.165, 1.54) is 6.20 Å². The zero-order chi connectivity index (χ0) is 27.3. The summed E-state index contributed by atoms with van der Waals surface area (Å²) in [5, 5.41) is 16.0. The zero-order valence-corrected chi connectivity index (χ0v) is 23.0. The van der Waals surface area contributed by atoms with Gasteiger partial charge < -0.3 is 25.1 Å². The Morgan fingerprint density at radius 2 is 1.92 bits per heavy atom. The van der Waals surface area contributed by atoms with Gasteiger partial charge >= 0.3 is 0 Å². The number of carbonyl (C=O) groups excluding carboxylic acids is 1. The van der Waals surface area contributed by atoms with Crippen molar-refractivity contribution >= 4 is 17.2 Å². The molecule has 5 rings (SSSR count). The summed E-state index contributed by atoms with van der Waals surface area (Å²) in [5.74, 6) is -0.292. The Kier molecular flexibility index (Phi) is 8.43. The van der Waals surface area contributed by atoms with E-state index in [0.717, 1.165) is 88.5 Å². The minimum atomic E-state index is -0.395. The lowest BCUT2D eigenvalue weighted by molar-refractivity contribution is 0.0242. The van der Waals surface area contributed by atoms with Gasteiger partial charge in [0.2, 0.25) is 0 Å². The monoisotopic (exact) mass is 533 g/mol. The molecule has 0 atom stereocenters. The van der Waals surface area contributed by atoms with E-state index >= 15 is 0 Å². The molecule has 3 N–H and O–H groups in total. The van der Waals surface area contributed by atoms with Crippen LogP contribution in [0, 0.1) is 16.7 Å². The molecule has 0 aromatic carbocycles. The van der Waals surface area contributed by atoms with E-state index in [4.69, 9.17) is 19.7 Å². The molecule has 2 fully saturated rings. The van der Waals surface area contributed by atoms with Crippen LogP contribution in [-0.4, -0.2) is 78.4 Å². The molecule has 2 aliphatic heterocycles. The average Bonchev–Trinajstić information content (AvgIpc) is 3.44. The number of nitriles is 1. The standard InChI is InChI=1S/C29H39N7O3/c1-28(2)7-5-21(6-8-28)25-23(34-27(37)26-31-20-22(19-30)33-26)3-4-24(35-25)29(9-15-38-16-10-29)32-11-12-36-13-17-39-18-14-36/h3-5,20,32H,6-18H2,1-2H3,(H,31,33)(H,34,37). The highest BCUT2D eigenvalue weighted by Gasteiger charge is 2.36. The highest BCUT2D eigenvalue weighted by atomic mass is 16.5. The third kappa shape index (κ3) is 6.56. The van der Waals surface area contributed by atoms with Crippen molar-refractivity contribution in [3.05, 3.63) is 47.3 Å². The molecule has 10 nitrogen and oxygen atoms in total. The number of amides is 1. The average molecular weight is 534 g/mol. The number of aromatic nitrogens is 3. The molecule has 0 bridgehead atoms. The molecule has 2 aromatic heterocycles. The third-order valence-electron chi connectivity index (χ3n) is 8.16. The van der Waals surface area contributed by atoms with Crippen LogP contribution in [-0.2, 0) is 15.0 Å². The number of morpholine rings is 1. The summed E-state index contributed by atoms with van der Waals surface area (Å²) in [6, 6.07) is 5.97. The highest BCUT2D eigenvalue weighted by Crippen LogP contribution is 2.40. The van der Waals surface area contributed by atoms with Gasteiger partial charge in [0.05, 0.1) is 42.0 Å². The molecule has 0 saturated carbocycles. The van der Waals surface area contributed by atoms with E-state index in [1.807, 2.05) is 18.2 Å². The number of rotatable bonds is 8. The van der Waals surface area contributed by atoms with Gasteiger partial charge in [-0.3, -0.25) is 9.69 Å². The molecule has 4 heterocycles. The van der Waals surface area contributed by atoms with E-state index in [-0.39, 0.29) is 22.5 Å². The lowest BCUT2D eigenvalue weighted by Gasteiger charge is -2.39. The molecule has 0 spiro atoms. The summed E-state index contributed by atoms with van der Waals surface area (Å²) in [5.41, 5.74) is 3.80.